The highest BCUT2D eigenvalue weighted by Crippen LogP contribution is 2.56. The van der Waals surface area contributed by atoms with Gasteiger partial charge in [0.1, 0.15) is 0 Å². The van der Waals surface area contributed by atoms with Crippen LogP contribution in [0.4, 0.5) is 0 Å². The number of benzene rings is 7. The number of hydrogen-bond acceptors (Lipinski definition) is 5. The van der Waals surface area contributed by atoms with E-state index in [4.69, 9.17) is 24.4 Å². The van der Waals surface area contributed by atoms with Crippen LogP contribution in [0.5, 0.6) is 23.0 Å². The molecular formula is C48H33N3O2. The van der Waals surface area contributed by atoms with Gasteiger partial charge in [0.15, 0.2) is 40.5 Å². The van der Waals surface area contributed by atoms with Gasteiger partial charge in [-0.05, 0) is 69.3 Å². The molecule has 7 aromatic carbocycles. The van der Waals surface area contributed by atoms with Crippen molar-refractivity contribution < 1.29 is 9.47 Å². The summed E-state index contributed by atoms with van der Waals surface area (Å²) in [6, 6.07) is 56.0. The van der Waals surface area contributed by atoms with Gasteiger partial charge in [0.2, 0.25) is 0 Å². The van der Waals surface area contributed by atoms with E-state index in [1.165, 1.54) is 22.3 Å². The van der Waals surface area contributed by atoms with Crippen molar-refractivity contribution in [2.24, 2.45) is 0 Å². The maximum atomic E-state index is 6.76. The van der Waals surface area contributed by atoms with E-state index >= 15 is 0 Å². The minimum absolute atomic E-state index is 0.149. The number of hydrogen-bond donors (Lipinski definition) is 0. The van der Waals surface area contributed by atoms with Gasteiger partial charge in [0.25, 0.3) is 0 Å². The van der Waals surface area contributed by atoms with E-state index in [1.54, 1.807) is 0 Å². The van der Waals surface area contributed by atoms with Gasteiger partial charge in [0.05, 0.1) is 0 Å². The Morgan fingerprint density at radius 1 is 0.358 bits per heavy atom. The zero-order valence-electron chi connectivity index (χ0n) is 29.2. The summed E-state index contributed by atoms with van der Waals surface area (Å²) >= 11 is 0. The molecule has 5 heteroatoms. The lowest BCUT2D eigenvalue weighted by atomic mass is 9.82. The largest absolute Gasteiger partial charge is 0.449 e. The molecule has 0 atom stereocenters. The number of nitrogens with zero attached hydrogens (tertiary/aromatic N) is 3. The fraction of sp³-hybridized carbons (Fsp3) is 0.0625. The van der Waals surface area contributed by atoms with Crippen LogP contribution in [0.3, 0.4) is 0 Å². The van der Waals surface area contributed by atoms with E-state index in [9.17, 15) is 0 Å². The molecule has 0 fully saturated rings. The van der Waals surface area contributed by atoms with Crippen LogP contribution < -0.4 is 9.47 Å². The van der Waals surface area contributed by atoms with Crippen LogP contribution >= 0.6 is 0 Å². The standard InChI is InChI=1S/C48H33N3O2/c1-48(2)39-24-10-9-22-37(39)38-28-42-43(29-40(38)48)53-44-36(23-13-25-41(44)52-42)33-19-12-21-35(27-33)47-50-45(31-16-7-4-8-17-31)49-46(51-47)34-20-11-18-32(26-34)30-14-5-3-6-15-30/h3-29H,1-2H3. The maximum Gasteiger partial charge on any atom is 0.177 e. The van der Waals surface area contributed by atoms with Gasteiger partial charge in [-0.15, -0.1) is 0 Å². The molecule has 0 bridgehead atoms. The van der Waals surface area contributed by atoms with Crippen molar-refractivity contribution in [3.8, 4) is 90.5 Å². The van der Waals surface area contributed by atoms with E-state index in [0.29, 0.717) is 34.7 Å². The molecule has 0 saturated heterocycles. The Morgan fingerprint density at radius 3 is 1.62 bits per heavy atom. The first kappa shape index (κ1) is 30.9. The SMILES string of the molecule is CC1(C)c2ccccc2-c2cc3c(cc21)Oc1c(cccc1-c1cccc(-c2nc(-c4ccccc4)nc(-c4cccc(-c5ccccc5)c4)n2)c1)O3. The van der Waals surface area contributed by atoms with Gasteiger partial charge in [-0.25, -0.2) is 15.0 Å². The van der Waals surface area contributed by atoms with E-state index in [1.807, 2.05) is 60.7 Å². The highest BCUT2D eigenvalue weighted by molar-refractivity contribution is 5.85. The van der Waals surface area contributed by atoms with Gasteiger partial charge in [0, 0.05) is 27.7 Å². The smallest absolute Gasteiger partial charge is 0.177 e. The summed E-state index contributed by atoms with van der Waals surface area (Å²) in [5.74, 6) is 4.61. The highest BCUT2D eigenvalue weighted by atomic mass is 16.6. The lowest BCUT2D eigenvalue weighted by Crippen LogP contribution is -2.15. The summed E-state index contributed by atoms with van der Waals surface area (Å²) in [5.41, 5.74) is 11.7. The third-order valence-electron chi connectivity index (χ3n) is 10.4. The van der Waals surface area contributed by atoms with Gasteiger partial charge >= 0.3 is 0 Å². The minimum Gasteiger partial charge on any atom is -0.449 e. The molecule has 8 aromatic rings. The van der Waals surface area contributed by atoms with Crippen LogP contribution in [-0.2, 0) is 5.41 Å². The number of fused-ring (bicyclic) bond motifs is 5. The Bertz CT molecular complexity index is 2700. The van der Waals surface area contributed by atoms with Crippen LogP contribution in [0.25, 0.3) is 67.5 Å². The van der Waals surface area contributed by atoms with Gasteiger partial charge in [-0.2, -0.15) is 0 Å². The molecule has 0 radical (unpaired) electrons. The van der Waals surface area contributed by atoms with Crippen molar-refractivity contribution in [3.05, 3.63) is 175 Å². The Kier molecular flexibility index (Phi) is 7.08. The number of rotatable bonds is 5. The van der Waals surface area contributed by atoms with Gasteiger partial charge in [-0.3, -0.25) is 0 Å². The second-order valence-electron chi connectivity index (χ2n) is 14.1. The number of para-hydroxylation sites is 1. The molecule has 0 spiro atoms. The molecule has 5 nitrogen and oxygen atoms in total. The molecule has 1 aliphatic heterocycles. The monoisotopic (exact) mass is 683 g/mol. The van der Waals surface area contributed by atoms with E-state index < -0.39 is 0 Å². The quantitative estimate of drug-likeness (QED) is 0.181. The number of aromatic nitrogens is 3. The van der Waals surface area contributed by atoms with Crippen LogP contribution in [-0.4, -0.2) is 15.0 Å². The molecule has 1 aliphatic carbocycles. The molecule has 0 amide bonds. The van der Waals surface area contributed by atoms with Crippen molar-refractivity contribution >= 4 is 0 Å². The summed E-state index contributed by atoms with van der Waals surface area (Å²) in [7, 11) is 0. The minimum atomic E-state index is -0.149. The van der Waals surface area contributed by atoms with Crippen LogP contribution in [0.2, 0.25) is 0 Å². The average Bonchev–Trinajstić information content (AvgIpc) is 3.44. The predicted molar refractivity (Wildman–Crippen MR) is 211 cm³/mol. The van der Waals surface area contributed by atoms with Crippen LogP contribution in [0, 0.1) is 0 Å². The van der Waals surface area contributed by atoms with Gasteiger partial charge < -0.3 is 9.47 Å². The molecule has 10 rings (SSSR count). The highest BCUT2D eigenvalue weighted by Gasteiger charge is 2.37. The number of ether oxygens (including phenoxy) is 2. The molecule has 2 aliphatic rings. The van der Waals surface area contributed by atoms with Crippen LogP contribution in [0.1, 0.15) is 25.0 Å². The van der Waals surface area contributed by atoms with Crippen molar-refractivity contribution in [1.29, 1.82) is 0 Å². The second kappa shape index (κ2) is 12.1. The van der Waals surface area contributed by atoms with Crippen molar-refractivity contribution in [1.82, 2.24) is 15.0 Å². The molecule has 252 valence electrons. The summed E-state index contributed by atoms with van der Waals surface area (Å²) in [5, 5.41) is 0. The maximum absolute atomic E-state index is 6.76. The Balaban J connectivity index is 1.05. The summed E-state index contributed by atoms with van der Waals surface area (Å²) in [6.07, 6.45) is 0. The first-order valence-corrected chi connectivity index (χ1v) is 17.8. The molecule has 53 heavy (non-hydrogen) atoms. The van der Waals surface area contributed by atoms with Gasteiger partial charge in [-0.1, -0.05) is 147 Å². The summed E-state index contributed by atoms with van der Waals surface area (Å²) < 4.78 is 13.3. The normalized spacial score (nSPS) is 13.2. The third-order valence-corrected chi connectivity index (χ3v) is 10.4. The lowest BCUT2D eigenvalue weighted by molar-refractivity contribution is 0.360. The first-order chi connectivity index (χ1) is 26.0. The average molecular weight is 684 g/mol. The molecular weight excluding hydrogens is 651 g/mol. The van der Waals surface area contributed by atoms with Crippen molar-refractivity contribution in [3.63, 3.8) is 0 Å². The molecule has 0 unspecified atom stereocenters. The second-order valence-corrected chi connectivity index (χ2v) is 14.1. The third kappa shape index (κ3) is 5.28. The first-order valence-electron chi connectivity index (χ1n) is 17.8. The lowest BCUT2D eigenvalue weighted by Gasteiger charge is -2.26. The van der Waals surface area contributed by atoms with E-state index in [-0.39, 0.29) is 5.41 Å². The Labute approximate surface area is 308 Å². The fourth-order valence-corrected chi connectivity index (χ4v) is 7.67. The molecule has 1 aromatic heterocycles. The van der Waals surface area contributed by atoms with E-state index in [0.717, 1.165) is 44.7 Å². The molecule has 0 N–H and O–H groups in total. The molecule has 0 saturated carbocycles. The predicted octanol–water partition coefficient (Wildman–Crippen LogP) is 12.4. The Morgan fingerprint density at radius 2 is 0.887 bits per heavy atom. The Hall–Kier alpha value is -6.85. The zero-order valence-corrected chi connectivity index (χ0v) is 29.2. The zero-order chi connectivity index (χ0) is 35.5. The van der Waals surface area contributed by atoms with Crippen molar-refractivity contribution in [2.45, 2.75) is 19.3 Å². The summed E-state index contributed by atoms with van der Waals surface area (Å²) in [4.78, 5) is 15.1. The fourth-order valence-electron chi connectivity index (χ4n) is 7.67. The molecule has 2 heterocycles. The topological polar surface area (TPSA) is 57.1 Å². The van der Waals surface area contributed by atoms with E-state index in [2.05, 4.69) is 117 Å². The van der Waals surface area contributed by atoms with Crippen molar-refractivity contribution in [2.75, 3.05) is 0 Å². The summed E-state index contributed by atoms with van der Waals surface area (Å²) in [6.45, 7) is 4.54. The van der Waals surface area contributed by atoms with Crippen LogP contribution in [0.15, 0.2) is 164 Å².